The number of methoxy groups -OCH3 is 1. The Morgan fingerprint density at radius 3 is 2.67 bits per heavy atom. The lowest BCUT2D eigenvalue weighted by molar-refractivity contribution is -0.135. The molecule has 0 aliphatic heterocycles. The van der Waals surface area contributed by atoms with Crippen LogP contribution >= 0.6 is 11.6 Å². The number of aryl methyl sites for hydroxylation is 1. The third-order valence-corrected chi connectivity index (χ3v) is 3.03. The van der Waals surface area contributed by atoms with Gasteiger partial charge in [0.05, 0.1) is 12.8 Å². The minimum Gasteiger partial charge on any atom is -0.495 e. The Bertz CT molecular complexity index is 434. The van der Waals surface area contributed by atoms with Crippen molar-refractivity contribution < 1.29 is 14.6 Å². The van der Waals surface area contributed by atoms with Gasteiger partial charge in [-0.2, -0.15) is 0 Å². The van der Waals surface area contributed by atoms with Gasteiger partial charge < -0.3 is 14.7 Å². The zero-order valence-electron chi connectivity index (χ0n) is 10.9. The van der Waals surface area contributed by atoms with Crippen LogP contribution in [0.4, 0.5) is 5.69 Å². The van der Waals surface area contributed by atoms with Crippen LogP contribution < -0.4 is 9.64 Å². The molecular weight excluding hydrogens is 254 g/mol. The van der Waals surface area contributed by atoms with Gasteiger partial charge in [0.1, 0.15) is 12.3 Å². The third kappa shape index (κ3) is 3.53. The molecule has 0 spiro atoms. The summed E-state index contributed by atoms with van der Waals surface area (Å²) in [7, 11) is 1.55. The molecule has 0 unspecified atom stereocenters. The normalized spacial score (nSPS) is 10.2. The van der Waals surface area contributed by atoms with E-state index < -0.39 is 5.97 Å². The van der Waals surface area contributed by atoms with Gasteiger partial charge in [-0.25, -0.2) is 0 Å². The van der Waals surface area contributed by atoms with E-state index in [0.717, 1.165) is 17.7 Å². The van der Waals surface area contributed by atoms with E-state index >= 15 is 0 Å². The summed E-state index contributed by atoms with van der Waals surface area (Å²) in [5.74, 6) is -0.265. The monoisotopic (exact) mass is 271 g/mol. The first kappa shape index (κ1) is 14.6. The fourth-order valence-electron chi connectivity index (χ4n) is 1.78. The quantitative estimate of drug-likeness (QED) is 0.864. The van der Waals surface area contributed by atoms with Crippen molar-refractivity contribution in [3.05, 3.63) is 22.7 Å². The van der Waals surface area contributed by atoms with Crippen molar-refractivity contribution in [2.75, 3.05) is 25.1 Å². The summed E-state index contributed by atoms with van der Waals surface area (Å²) in [6.07, 6.45) is 0.859. The van der Waals surface area contributed by atoms with E-state index in [2.05, 4.69) is 0 Å². The summed E-state index contributed by atoms with van der Waals surface area (Å²) in [5.41, 5.74) is 1.67. The highest BCUT2D eigenvalue weighted by Crippen LogP contribution is 2.33. The van der Waals surface area contributed by atoms with E-state index in [4.69, 9.17) is 21.4 Å². The first-order chi connectivity index (χ1) is 8.49. The lowest BCUT2D eigenvalue weighted by Crippen LogP contribution is -2.30. The number of anilines is 1. The number of hydrogen-bond acceptors (Lipinski definition) is 3. The number of aliphatic carboxylic acids is 1. The summed E-state index contributed by atoms with van der Waals surface area (Å²) >= 11 is 6.04. The van der Waals surface area contributed by atoms with E-state index in [-0.39, 0.29) is 6.54 Å². The average Bonchev–Trinajstić information content (AvgIpc) is 2.31. The molecule has 0 heterocycles. The molecule has 0 fully saturated rings. The minimum absolute atomic E-state index is 0.0503. The standard InChI is InChI=1S/C13H18ClNO3/c1-4-5-15(8-13(16)17)11-6-9(2)10(14)7-12(11)18-3/h6-7H,4-5,8H2,1-3H3,(H,16,17). The van der Waals surface area contributed by atoms with Gasteiger partial charge >= 0.3 is 5.97 Å². The molecule has 0 bridgehead atoms. The second kappa shape index (κ2) is 6.50. The number of ether oxygens (including phenoxy) is 1. The summed E-state index contributed by atoms with van der Waals surface area (Å²) in [4.78, 5) is 12.7. The molecule has 0 amide bonds. The van der Waals surface area contributed by atoms with Gasteiger partial charge in [-0.3, -0.25) is 4.79 Å². The lowest BCUT2D eigenvalue weighted by atomic mass is 10.1. The summed E-state index contributed by atoms with van der Waals surface area (Å²) in [5, 5.41) is 9.56. The van der Waals surface area contributed by atoms with Crippen molar-refractivity contribution in [3.8, 4) is 5.75 Å². The van der Waals surface area contributed by atoms with Crippen LogP contribution in [0.1, 0.15) is 18.9 Å². The van der Waals surface area contributed by atoms with Crippen LogP contribution in [0.3, 0.4) is 0 Å². The van der Waals surface area contributed by atoms with Crippen LogP contribution in [0.2, 0.25) is 5.02 Å². The molecule has 1 rings (SSSR count). The summed E-state index contributed by atoms with van der Waals surface area (Å²) in [6, 6.07) is 3.58. The molecule has 0 saturated heterocycles. The zero-order chi connectivity index (χ0) is 13.7. The first-order valence-corrected chi connectivity index (χ1v) is 6.18. The van der Waals surface area contributed by atoms with Crippen LogP contribution in [0.15, 0.2) is 12.1 Å². The third-order valence-electron chi connectivity index (χ3n) is 2.62. The largest absolute Gasteiger partial charge is 0.495 e. The number of rotatable bonds is 6. The van der Waals surface area contributed by atoms with E-state index in [1.54, 1.807) is 18.1 Å². The van der Waals surface area contributed by atoms with Crippen molar-refractivity contribution in [1.29, 1.82) is 0 Å². The predicted octanol–water partition coefficient (Wildman–Crippen LogP) is 2.96. The molecule has 100 valence electrons. The van der Waals surface area contributed by atoms with E-state index in [1.165, 1.54) is 0 Å². The molecule has 1 aromatic rings. The highest BCUT2D eigenvalue weighted by atomic mass is 35.5. The number of hydrogen-bond donors (Lipinski definition) is 1. The molecule has 18 heavy (non-hydrogen) atoms. The van der Waals surface area contributed by atoms with E-state index in [9.17, 15) is 4.79 Å². The van der Waals surface area contributed by atoms with Gasteiger partial charge in [0.25, 0.3) is 0 Å². The Hall–Kier alpha value is -1.42. The fraction of sp³-hybridized carbons (Fsp3) is 0.462. The lowest BCUT2D eigenvalue weighted by Gasteiger charge is -2.25. The molecule has 5 heteroatoms. The first-order valence-electron chi connectivity index (χ1n) is 5.80. The number of halogens is 1. The molecule has 0 aliphatic rings. The van der Waals surface area contributed by atoms with Crippen molar-refractivity contribution >= 4 is 23.3 Å². The topological polar surface area (TPSA) is 49.8 Å². The van der Waals surface area contributed by atoms with Gasteiger partial charge in [0.2, 0.25) is 0 Å². The maximum absolute atomic E-state index is 10.9. The molecule has 1 N–H and O–H groups in total. The number of nitrogens with zero attached hydrogens (tertiary/aromatic N) is 1. The molecule has 0 saturated carbocycles. The zero-order valence-corrected chi connectivity index (χ0v) is 11.6. The predicted molar refractivity (Wildman–Crippen MR) is 72.9 cm³/mol. The van der Waals surface area contributed by atoms with Gasteiger partial charge in [-0.15, -0.1) is 0 Å². The number of carboxylic acids is 1. The van der Waals surface area contributed by atoms with Gasteiger partial charge in [-0.05, 0) is 25.0 Å². The van der Waals surface area contributed by atoms with Crippen LogP contribution in [-0.4, -0.2) is 31.3 Å². The number of carboxylic acid groups (broad SMARTS) is 1. The maximum Gasteiger partial charge on any atom is 0.323 e. The van der Waals surface area contributed by atoms with Crippen molar-refractivity contribution in [1.82, 2.24) is 0 Å². The van der Waals surface area contributed by atoms with Crippen LogP contribution in [0, 0.1) is 6.92 Å². The van der Waals surface area contributed by atoms with Crippen LogP contribution in [-0.2, 0) is 4.79 Å². The highest BCUT2D eigenvalue weighted by molar-refractivity contribution is 6.31. The van der Waals surface area contributed by atoms with Crippen molar-refractivity contribution in [2.24, 2.45) is 0 Å². The molecule has 0 radical (unpaired) electrons. The summed E-state index contributed by atoms with van der Waals surface area (Å²) < 4.78 is 5.27. The SMILES string of the molecule is CCCN(CC(=O)O)c1cc(C)c(Cl)cc1OC. The Morgan fingerprint density at radius 1 is 1.50 bits per heavy atom. The molecule has 4 nitrogen and oxygen atoms in total. The number of carbonyl (C=O) groups is 1. The molecule has 1 aromatic carbocycles. The highest BCUT2D eigenvalue weighted by Gasteiger charge is 2.16. The van der Waals surface area contributed by atoms with E-state index in [1.807, 2.05) is 19.9 Å². The minimum atomic E-state index is -0.863. The van der Waals surface area contributed by atoms with Gasteiger partial charge in [0.15, 0.2) is 0 Å². The van der Waals surface area contributed by atoms with Crippen molar-refractivity contribution in [2.45, 2.75) is 20.3 Å². The Morgan fingerprint density at radius 2 is 2.17 bits per heavy atom. The maximum atomic E-state index is 10.9. The Balaban J connectivity index is 3.16. The Kier molecular flexibility index (Phi) is 5.28. The summed E-state index contributed by atoms with van der Waals surface area (Å²) in [6.45, 7) is 4.50. The Labute approximate surface area is 112 Å². The van der Waals surface area contributed by atoms with Crippen molar-refractivity contribution in [3.63, 3.8) is 0 Å². The molecular formula is C13H18ClNO3. The number of benzene rings is 1. The molecule has 0 atom stereocenters. The van der Waals surface area contributed by atoms with Gasteiger partial charge in [-0.1, -0.05) is 18.5 Å². The second-order valence-electron chi connectivity index (χ2n) is 4.09. The van der Waals surface area contributed by atoms with Gasteiger partial charge in [0, 0.05) is 17.6 Å². The fourth-order valence-corrected chi connectivity index (χ4v) is 1.93. The van der Waals surface area contributed by atoms with E-state index in [0.29, 0.717) is 17.3 Å². The van der Waals surface area contributed by atoms with Crippen LogP contribution in [0.25, 0.3) is 0 Å². The second-order valence-corrected chi connectivity index (χ2v) is 4.50. The van der Waals surface area contributed by atoms with Crippen LogP contribution in [0.5, 0.6) is 5.75 Å². The molecule has 0 aromatic heterocycles. The molecule has 0 aliphatic carbocycles. The smallest absolute Gasteiger partial charge is 0.323 e. The average molecular weight is 272 g/mol.